The van der Waals surface area contributed by atoms with Crippen molar-refractivity contribution in [3.05, 3.63) is 99.6 Å². The van der Waals surface area contributed by atoms with Crippen molar-refractivity contribution in [2.45, 2.75) is 63.6 Å². The van der Waals surface area contributed by atoms with Gasteiger partial charge in [0.1, 0.15) is 29.4 Å². The second-order valence-corrected chi connectivity index (χ2v) is 10.9. The van der Waals surface area contributed by atoms with Crippen LogP contribution in [0.25, 0.3) is 0 Å². The molecule has 0 bridgehead atoms. The van der Waals surface area contributed by atoms with E-state index in [1.54, 1.807) is 31.0 Å². The fraction of sp³-hybridized carbons (Fsp3) is 0.424. The minimum Gasteiger partial charge on any atom is -0.382 e. The molecular weight excluding hydrogens is 576 g/mol. The average Bonchev–Trinajstić information content (AvgIpc) is 3.02. The monoisotopic (exact) mass is 613 g/mol. The lowest BCUT2D eigenvalue weighted by atomic mass is 9.72. The van der Waals surface area contributed by atoms with Crippen LogP contribution in [0.2, 0.25) is 5.02 Å². The molecule has 1 aromatic heterocycles. The Kier molecular flexibility index (Phi) is 12.7. The number of nitriles is 1. The normalized spacial score (nSPS) is 16.3. The molecule has 0 amide bonds. The third-order valence-electron chi connectivity index (χ3n) is 7.53. The Morgan fingerprint density at radius 1 is 1.23 bits per heavy atom. The van der Waals surface area contributed by atoms with Crippen molar-refractivity contribution in [1.29, 1.82) is 5.26 Å². The maximum Gasteiger partial charge on any atom is 0.150 e. The largest absolute Gasteiger partial charge is 0.382 e. The van der Waals surface area contributed by atoms with E-state index >= 15 is 8.78 Å². The molecule has 1 unspecified atom stereocenters. The summed E-state index contributed by atoms with van der Waals surface area (Å²) in [5.41, 5.74) is -2.93. The Hall–Kier alpha value is -3.26. The smallest absolute Gasteiger partial charge is 0.150 e. The van der Waals surface area contributed by atoms with Gasteiger partial charge in [0, 0.05) is 61.6 Å². The number of rotatable bonds is 11. The fourth-order valence-electron chi connectivity index (χ4n) is 5.12. The summed E-state index contributed by atoms with van der Waals surface area (Å²) in [5, 5.41) is 21.2. The highest BCUT2D eigenvalue weighted by atomic mass is 35.5. The van der Waals surface area contributed by atoms with Crippen molar-refractivity contribution in [3.63, 3.8) is 0 Å². The van der Waals surface area contributed by atoms with E-state index in [-0.39, 0.29) is 55.7 Å². The van der Waals surface area contributed by atoms with Gasteiger partial charge >= 0.3 is 0 Å². The highest BCUT2D eigenvalue weighted by molar-refractivity contribution is 6.30. The number of alkyl halides is 1. The van der Waals surface area contributed by atoms with Gasteiger partial charge in [-0.15, -0.1) is 0 Å². The topological polar surface area (TPSA) is 95.7 Å². The third kappa shape index (κ3) is 8.43. The van der Waals surface area contributed by atoms with Crippen LogP contribution >= 0.6 is 11.6 Å². The molecule has 2 heterocycles. The number of aldehydes is 1. The van der Waals surface area contributed by atoms with Gasteiger partial charge < -0.3 is 14.6 Å². The minimum absolute atomic E-state index is 0.000607. The number of halogens is 3. The van der Waals surface area contributed by atoms with E-state index in [2.05, 4.69) is 4.98 Å². The van der Waals surface area contributed by atoms with Crippen molar-refractivity contribution in [1.82, 2.24) is 9.88 Å². The number of hydrogen-bond acceptors (Lipinski definition) is 7. The van der Waals surface area contributed by atoms with Crippen LogP contribution in [0.15, 0.2) is 60.8 Å². The van der Waals surface area contributed by atoms with Crippen LogP contribution in [-0.2, 0) is 21.6 Å². The molecule has 4 rings (SSSR count). The van der Waals surface area contributed by atoms with Crippen LogP contribution in [0.3, 0.4) is 0 Å². The lowest BCUT2D eigenvalue weighted by molar-refractivity contribution is -0.155. The molecule has 2 atom stereocenters. The molecule has 1 aliphatic heterocycles. The number of nitrogens with zero attached hydrogens (tertiary/aromatic N) is 3. The first kappa shape index (κ1) is 34.2. The number of ether oxygens (including phenoxy) is 2. The second kappa shape index (κ2) is 16.0. The van der Waals surface area contributed by atoms with Crippen molar-refractivity contribution in [2.24, 2.45) is 0 Å². The zero-order valence-corrected chi connectivity index (χ0v) is 25.5. The zero-order valence-electron chi connectivity index (χ0n) is 24.7. The molecule has 43 heavy (non-hydrogen) atoms. The quantitative estimate of drug-likeness (QED) is 0.185. The summed E-state index contributed by atoms with van der Waals surface area (Å²) < 4.78 is 42.9. The summed E-state index contributed by atoms with van der Waals surface area (Å²) in [6.07, 6.45) is 1.63. The van der Waals surface area contributed by atoms with E-state index in [9.17, 15) is 9.90 Å². The van der Waals surface area contributed by atoms with E-state index in [1.165, 1.54) is 12.3 Å². The molecule has 0 radical (unpaired) electrons. The van der Waals surface area contributed by atoms with Gasteiger partial charge in [-0.05, 0) is 61.9 Å². The zero-order chi connectivity index (χ0) is 31.5. The van der Waals surface area contributed by atoms with Crippen LogP contribution in [0, 0.1) is 17.1 Å². The number of benzene rings is 2. The molecule has 2 aromatic carbocycles. The molecule has 1 aliphatic rings. The highest BCUT2D eigenvalue weighted by Crippen LogP contribution is 2.46. The Balaban J connectivity index is 0.000000633. The van der Waals surface area contributed by atoms with Gasteiger partial charge in [0.15, 0.2) is 6.29 Å². The van der Waals surface area contributed by atoms with Crippen molar-refractivity contribution in [3.8, 4) is 6.07 Å². The summed E-state index contributed by atoms with van der Waals surface area (Å²) in [5.74, 6) is -0.766. The second-order valence-electron chi connectivity index (χ2n) is 10.5. The molecule has 0 saturated carbocycles. The number of aromatic nitrogens is 1. The molecule has 3 aromatic rings. The fourth-order valence-corrected chi connectivity index (χ4v) is 5.27. The molecular formula is C33H38ClF2N3O4. The van der Waals surface area contributed by atoms with Gasteiger partial charge in [0.2, 0.25) is 0 Å². The van der Waals surface area contributed by atoms with Gasteiger partial charge in [-0.1, -0.05) is 43.6 Å². The van der Waals surface area contributed by atoms with Crippen LogP contribution in [0.1, 0.15) is 78.5 Å². The lowest BCUT2D eigenvalue weighted by Gasteiger charge is -2.44. The Bertz CT molecular complexity index is 1370. The number of pyridine rings is 1. The number of aliphatic hydroxyl groups is 1. The van der Waals surface area contributed by atoms with Crippen LogP contribution in [-0.4, -0.2) is 53.8 Å². The van der Waals surface area contributed by atoms with E-state index in [0.29, 0.717) is 30.6 Å². The first-order valence-corrected chi connectivity index (χ1v) is 14.7. The molecule has 230 valence electrons. The molecule has 1 fully saturated rings. The summed E-state index contributed by atoms with van der Waals surface area (Å²) >= 11 is 5.54. The van der Waals surface area contributed by atoms with Crippen molar-refractivity contribution >= 4 is 17.9 Å². The number of carbonyl (C=O) groups is 1. The Labute approximate surface area is 257 Å². The molecule has 1 saturated heterocycles. The standard InChI is InChI=1S/C27H33F2N3O4.C6H5Cl/c1-4-10-36-25(32(3)17-22-7-6-19(15-30)16-31-22)24-20(18-33)13-21(14-23(24)28)27(34,5-2)26(29)8-11-35-12-9-26;7-6-4-2-1-3-5-6/h6-7,13-14,16,18,25,34H,4-5,8-12,17H2,1-3H3;1-5H/t25-,27?;/m1./s1. The molecule has 10 heteroatoms. The van der Waals surface area contributed by atoms with E-state index in [0.717, 1.165) is 11.1 Å². The summed E-state index contributed by atoms with van der Waals surface area (Å²) in [7, 11) is 1.71. The van der Waals surface area contributed by atoms with E-state index in [1.807, 2.05) is 43.3 Å². The van der Waals surface area contributed by atoms with Crippen LogP contribution < -0.4 is 0 Å². The maximum absolute atomic E-state index is 15.9. The minimum atomic E-state index is -2.01. The SMILES string of the molecule is CCCO[C@H](c1c(F)cc(C(O)(CC)C2(F)CCOCC2)cc1C=O)N(C)Cc1ccc(C#N)cn1.Clc1ccccc1. The lowest BCUT2D eigenvalue weighted by Crippen LogP contribution is -2.51. The van der Waals surface area contributed by atoms with Crippen LogP contribution in [0.5, 0.6) is 0 Å². The molecule has 0 spiro atoms. The summed E-state index contributed by atoms with van der Waals surface area (Å²) in [6, 6.07) is 17.3. The third-order valence-corrected chi connectivity index (χ3v) is 7.78. The maximum atomic E-state index is 15.9. The van der Waals surface area contributed by atoms with Gasteiger partial charge in [-0.3, -0.25) is 14.7 Å². The first-order chi connectivity index (χ1) is 20.6. The van der Waals surface area contributed by atoms with Crippen molar-refractivity contribution in [2.75, 3.05) is 26.9 Å². The first-order valence-electron chi connectivity index (χ1n) is 14.3. The summed E-state index contributed by atoms with van der Waals surface area (Å²) in [4.78, 5) is 18.1. The number of hydrogen-bond donors (Lipinski definition) is 1. The van der Waals surface area contributed by atoms with Gasteiger partial charge in [0.05, 0.1) is 11.3 Å². The van der Waals surface area contributed by atoms with E-state index in [4.69, 9.17) is 26.3 Å². The predicted molar refractivity (Wildman–Crippen MR) is 161 cm³/mol. The Morgan fingerprint density at radius 2 is 1.93 bits per heavy atom. The highest BCUT2D eigenvalue weighted by Gasteiger charge is 2.52. The van der Waals surface area contributed by atoms with Gasteiger partial charge in [-0.2, -0.15) is 5.26 Å². The number of carbonyl (C=O) groups excluding carboxylic acids is 1. The van der Waals surface area contributed by atoms with Gasteiger partial charge in [0.25, 0.3) is 0 Å². The van der Waals surface area contributed by atoms with E-state index < -0.39 is 23.3 Å². The van der Waals surface area contributed by atoms with Crippen LogP contribution in [0.4, 0.5) is 8.78 Å². The molecule has 0 aliphatic carbocycles. The van der Waals surface area contributed by atoms with Crippen molar-refractivity contribution < 1.29 is 28.2 Å². The molecule has 7 nitrogen and oxygen atoms in total. The summed E-state index contributed by atoms with van der Waals surface area (Å²) in [6.45, 7) is 4.42. The molecule has 1 N–H and O–H groups in total. The average molecular weight is 614 g/mol. The van der Waals surface area contributed by atoms with Gasteiger partial charge in [-0.25, -0.2) is 8.78 Å². The Morgan fingerprint density at radius 3 is 2.44 bits per heavy atom. The predicted octanol–water partition coefficient (Wildman–Crippen LogP) is 6.92.